The van der Waals surface area contributed by atoms with Crippen LogP contribution >= 0.6 is 11.6 Å². The van der Waals surface area contributed by atoms with E-state index in [1.807, 2.05) is 30.3 Å². The van der Waals surface area contributed by atoms with Gasteiger partial charge < -0.3 is 4.74 Å². The minimum absolute atomic E-state index is 0.0738. The predicted molar refractivity (Wildman–Crippen MR) is 80.1 cm³/mol. The molecule has 21 heavy (non-hydrogen) atoms. The Labute approximate surface area is 126 Å². The molecular weight excluding hydrogens is 288 g/mol. The number of aromatic nitrogens is 2. The second kappa shape index (κ2) is 5.89. The van der Waals surface area contributed by atoms with E-state index in [9.17, 15) is 4.79 Å². The first kappa shape index (κ1) is 13.5. The quantitative estimate of drug-likeness (QED) is 0.547. The van der Waals surface area contributed by atoms with Crippen LogP contribution in [-0.2, 0) is 11.3 Å². The second-order valence-corrected chi connectivity index (χ2v) is 4.81. The third kappa shape index (κ3) is 3.01. The van der Waals surface area contributed by atoms with Crippen molar-refractivity contribution in [3.63, 3.8) is 0 Å². The summed E-state index contributed by atoms with van der Waals surface area (Å²) in [7, 11) is 0. The fraction of sp³-hybridized carbons (Fsp3) is 0.0625. The van der Waals surface area contributed by atoms with Gasteiger partial charge in [0.1, 0.15) is 11.8 Å². The summed E-state index contributed by atoms with van der Waals surface area (Å²) in [5.41, 5.74) is 1.89. The van der Waals surface area contributed by atoms with Crippen molar-refractivity contribution in [2.45, 2.75) is 6.61 Å². The second-order valence-electron chi connectivity index (χ2n) is 4.45. The molecule has 0 N–H and O–H groups in total. The molecule has 5 heteroatoms. The summed E-state index contributed by atoms with van der Waals surface area (Å²) in [5, 5.41) is 1.29. The largest absolute Gasteiger partial charge is 0.457 e. The summed E-state index contributed by atoms with van der Waals surface area (Å²) in [4.78, 5) is 20.0. The minimum Gasteiger partial charge on any atom is -0.457 e. The zero-order chi connectivity index (χ0) is 14.7. The third-order valence-electron chi connectivity index (χ3n) is 3.01. The topological polar surface area (TPSA) is 52.1 Å². The van der Waals surface area contributed by atoms with Crippen molar-refractivity contribution >= 4 is 28.5 Å². The Morgan fingerprint density at radius 2 is 2.05 bits per heavy atom. The summed E-state index contributed by atoms with van der Waals surface area (Å²) in [6, 6.07) is 12.8. The molecule has 2 heterocycles. The van der Waals surface area contributed by atoms with Crippen molar-refractivity contribution in [1.29, 1.82) is 0 Å². The van der Waals surface area contributed by atoms with E-state index in [4.69, 9.17) is 16.3 Å². The first-order valence-corrected chi connectivity index (χ1v) is 6.73. The van der Waals surface area contributed by atoms with Crippen LogP contribution in [0.1, 0.15) is 15.9 Å². The summed E-state index contributed by atoms with van der Waals surface area (Å²) in [6.07, 6.45) is 3.06. The highest BCUT2D eigenvalue weighted by atomic mass is 35.5. The zero-order valence-electron chi connectivity index (χ0n) is 11.0. The first-order chi connectivity index (χ1) is 10.2. The molecule has 3 aromatic rings. The number of nitrogens with zero attached hydrogens (tertiary/aromatic N) is 2. The van der Waals surface area contributed by atoms with Crippen LogP contribution < -0.4 is 0 Å². The highest BCUT2D eigenvalue weighted by Gasteiger charge is 2.10. The average molecular weight is 299 g/mol. The average Bonchev–Trinajstić information content (AvgIpc) is 2.53. The van der Waals surface area contributed by atoms with Gasteiger partial charge in [-0.15, -0.1) is 0 Å². The number of esters is 1. The van der Waals surface area contributed by atoms with E-state index < -0.39 is 5.97 Å². The maximum absolute atomic E-state index is 11.9. The number of halogens is 1. The Morgan fingerprint density at radius 3 is 2.86 bits per heavy atom. The molecule has 4 nitrogen and oxygen atoms in total. The molecule has 0 spiro atoms. The van der Waals surface area contributed by atoms with E-state index in [1.54, 1.807) is 18.3 Å². The molecule has 1 aromatic carbocycles. The lowest BCUT2D eigenvalue weighted by atomic mass is 10.2. The highest BCUT2D eigenvalue weighted by Crippen LogP contribution is 2.21. The normalized spacial score (nSPS) is 10.5. The number of hydrogen-bond acceptors (Lipinski definition) is 4. The lowest BCUT2D eigenvalue weighted by Gasteiger charge is -2.07. The van der Waals surface area contributed by atoms with E-state index in [0.29, 0.717) is 16.3 Å². The van der Waals surface area contributed by atoms with Gasteiger partial charge in [-0.05, 0) is 24.3 Å². The molecule has 0 unspecified atom stereocenters. The molecule has 104 valence electrons. The molecular formula is C16H11ClN2O2. The van der Waals surface area contributed by atoms with E-state index in [0.717, 1.165) is 10.9 Å². The summed E-state index contributed by atoms with van der Waals surface area (Å²) in [6.45, 7) is 0.0738. The van der Waals surface area contributed by atoms with E-state index >= 15 is 0 Å². The summed E-state index contributed by atoms with van der Waals surface area (Å²) >= 11 is 6.12. The zero-order valence-corrected chi connectivity index (χ0v) is 11.7. The van der Waals surface area contributed by atoms with Gasteiger partial charge in [-0.3, -0.25) is 4.98 Å². The standard InChI is InChI=1S/C16H11ClN2O2/c17-15-13(8-11-4-1-2-6-14(11)19-15)10-21-16(20)12-5-3-7-18-9-12/h1-9H,10H2. The van der Waals surface area contributed by atoms with Crippen LogP contribution in [0.25, 0.3) is 10.9 Å². The molecule has 0 bridgehead atoms. The van der Waals surface area contributed by atoms with Crippen LogP contribution in [0.3, 0.4) is 0 Å². The van der Waals surface area contributed by atoms with Crippen molar-refractivity contribution in [3.8, 4) is 0 Å². The number of ether oxygens (including phenoxy) is 1. The number of carbonyl (C=O) groups excluding carboxylic acids is 1. The van der Waals surface area contributed by atoms with Crippen molar-refractivity contribution in [2.75, 3.05) is 0 Å². The fourth-order valence-corrected chi connectivity index (χ4v) is 2.15. The number of hydrogen-bond donors (Lipinski definition) is 0. The van der Waals surface area contributed by atoms with Gasteiger partial charge in [-0.1, -0.05) is 29.8 Å². The van der Waals surface area contributed by atoms with Gasteiger partial charge in [-0.25, -0.2) is 9.78 Å². The number of rotatable bonds is 3. The molecule has 0 aliphatic heterocycles. The molecule has 0 radical (unpaired) electrons. The number of pyridine rings is 2. The van der Waals surface area contributed by atoms with Crippen LogP contribution in [0.5, 0.6) is 0 Å². The molecule has 0 fully saturated rings. The lowest BCUT2D eigenvalue weighted by Crippen LogP contribution is -2.06. The smallest absolute Gasteiger partial charge is 0.340 e. The Balaban J connectivity index is 1.79. The number of para-hydroxylation sites is 1. The van der Waals surface area contributed by atoms with Gasteiger partial charge in [0.2, 0.25) is 0 Å². The number of fused-ring (bicyclic) bond motifs is 1. The summed E-state index contributed by atoms with van der Waals surface area (Å²) < 4.78 is 5.24. The SMILES string of the molecule is O=C(OCc1cc2ccccc2nc1Cl)c1cccnc1. The van der Waals surface area contributed by atoms with Crippen LogP contribution in [0.4, 0.5) is 0 Å². The van der Waals surface area contributed by atoms with Gasteiger partial charge in [0.05, 0.1) is 11.1 Å². The Morgan fingerprint density at radius 1 is 1.19 bits per heavy atom. The predicted octanol–water partition coefficient (Wildman–Crippen LogP) is 3.64. The third-order valence-corrected chi connectivity index (χ3v) is 3.33. The Kier molecular flexibility index (Phi) is 3.79. The maximum atomic E-state index is 11.9. The highest BCUT2D eigenvalue weighted by molar-refractivity contribution is 6.30. The number of benzene rings is 1. The monoisotopic (exact) mass is 298 g/mol. The maximum Gasteiger partial charge on any atom is 0.340 e. The van der Waals surface area contributed by atoms with Gasteiger partial charge in [-0.2, -0.15) is 0 Å². The lowest BCUT2D eigenvalue weighted by molar-refractivity contribution is 0.0472. The Bertz CT molecular complexity index is 791. The van der Waals surface area contributed by atoms with Crippen LogP contribution in [0.2, 0.25) is 5.15 Å². The molecule has 0 aliphatic carbocycles. The van der Waals surface area contributed by atoms with Gasteiger partial charge in [0, 0.05) is 23.3 Å². The molecule has 0 atom stereocenters. The Hall–Kier alpha value is -2.46. The molecule has 2 aromatic heterocycles. The van der Waals surface area contributed by atoms with Gasteiger partial charge >= 0.3 is 5.97 Å². The van der Waals surface area contributed by atoms with Gasteiger partial charge in [0.25, 0.3) is 0 Å². The molecule has 3 rings (SSSR count). The summed E-state index contributed by atoms with van der Waals surface area (Å²) in [5.74, 6) is -0.438. The molecule has 0 amide bonds. The van der Waals surface area contributed by atoms with E-state index in [1.165, 1.54) is 6.20 Å². The minimum atomic E-state index is -0.438. The molecule has 0 saturated carbocycles. The van der Waals surface area contributed by atoms with Crippen molar-refractivity contribution in [2.24, 2.45) is 0 Å². The first-order valence-electron chi connectivity index (χ1n) is 6.35. The van der Waals surface area contributed by atoms with Crippen molar-refractivity contribution in [3.05, 3.63) is 71.1 Å². The molecule has 0 aliphatic rings. The van der Waals surface area contributed by atoms with Crippen molar-refractivity contribution in [1.82, 2.24) is 9.97 Å². The van der Waals surface area contributed by atoms with Crippen LogP contribution in [-0.4, -0.2) is 15.9 Å². The van der Waals surface area contributed by atoms with Crippen LogP contribution in [0, 0.1) is 0 Å². The van der Waals surface area contributed by atoms with Crippen LogP contribution in [0.15, 0.2) is 54.9 Å². The number of carbonyl (C=O) groups is 1. The van der Waals surface area contributed by atoms with Crippen molar-refractivity contribution < 1.29 is 9.53 Å². The van der Waals surface area contributed by atoms with Gasteiger partial charge in [0.15, 0.2) is 0 Å². The molecule has 0 saturated heterocycles. The van der Waals surface area contributed by atoms with E-state index in [2.05, 4.69) is 9.97 Å². The fourth-order valence-electron chi connectivity index (χ4n) is 1.95. The van der Waals surface area contributed by atoms with E-state index in [-0.39, 0.29) is 6.61 Å².